The molecule has 1 heterocycles. The van der Waals surface area contributed by atoms with Gasteiger partial charge in [0.25, 0.3) is 0 Å². The summed E-state index contributed by atoms with van der Waals surface area (Å²) >= 11 is 0. The van der Waals surface area contributed by atoms with Crippen molar-refractivity contribution in [3.63, 3.8) is 0 Å². The second kappa shape index (κ2) is 6.21. The van der Waals surface area contributed by atoms with Crippen molar-refractivity contribution in [1.29, 1.82) is 0 Å². The molecule has 1 saturated heterocycles. The number of likely N-dealkylation sites (tertiary alicyclic amines) is 1. The molecule has 1 rings (SSSR count). The number of β-amino-alcohol motifs (C(OH)–C–C–N with tert-alkyl or cyclic N) is 1. The molecule has 3 atom stereocenters. The number of carbonyl (C=O) groups is 1. The molecular formula is C12H24N2O2. The monoisotopic (exact) mass is 228 g/mol. The molecule has 0 aromatic carbocycles. The number of carbonyl (C=O) groups excluding carboxylic acids is 1. The van der Waals surface area contributed by atoms with Gasteiger partial charge in [-0.2, -0.15) is 0 Å². The van der Waals surface area contributed by atoms with Crippen LogP contribution in [0.3, 0.4) is 0 Å². The molecule has 2 N–H and O–H groups in total. The van der Waals surface area contributed by atoms with Gasteiger partial charge in [-0.1, -0.05) is 13.8 Å². The quantitative estimate of drug-likeness (QED) is 0.741. The van der Waals surface area contributed by atoms with Gasteiger partial charge < -0.3 is 15.3 Å². The van der Waals surface area contributed by atoms with E-state index in [1.165, 1.54) is 0 Å². The molecule has 0 saturated carbocycles. The zero-order valence-electron chi connectivity index (χ0n) is 10.6. The first kappa shape index (κ1) is 13.5. The number of rotatable bonds is 4. The van der Waals surface area contributed by atoms with Crippen LogP contribution in [-0.2, 0) is 4.79 Å². The minimum absolute atomic E-state index is 0.103. The van der Waals surface area contributed by atoms with Crippen molar-refractivity contribution in [2.24, 2.45) is 5.92 Å². The Bertz CT molecular complexity index is 233. The highest BCUT2D eigenvalue weighted by Gasteiger charge is 2.26. The van der Waals surface area contributed by atoms with Crippen LogP contribution < -0.4 is 5.32 Å². The fourth-order valence-electron chi connectivity index (χ4n) is 1.79. The molecule has 0 bridgehead atoms. The number of piperidine rings is 1. The van der Waals surface area contributed by atoms with Crippen molar-refractivity contribution >= 4 is 5.91 Å². The first-order valence-electron chi connectivity index (χ1n) is 6.23. The Morgan fingerprint density at radius 1 is 1.62 bits per heavy atom. The van der Waals surface area contributed by atoms with Crippen LogP contribution in [0.15, 0.2) is 0 Å². The summed E-state index contributed by atoms with van der Waals surface area (Å²) in [5.74, 6) is 0.415. The van der Waals surface area contributed by atoms with Gasteiger partial charge in [0.1, 0.15) is 0 Å². The van der Waals surface area contributed by atoms with E-state index in [-0.39, 0.29) is 12.0 Å². The van der Waals surface area contributed by atoms with Crippen LogP contribution in [0.25, 0.3) is 0 Å². The third-order valence-corrected chi connectivity index (χ3v) is 3.49. The van der Waals surface area contributed by atoms with Gasteiger partial charge >= 0.3 is 0 Å². The first-order chi connectivity index (χ1) is 7.54. The van der Waals surface area contributed by atoms with E-state index in [1.54, 1.807) is 4.90 Å². The predicted octanol–water partition coefficient (Wildman–Crippen LogP) is 0.604. The molecule has 1 amide bonds. The lowest BCUT2D eigenvalue weighted by molar-refractivity contribution is -0.134. The molecule has 94 valence electrons. The van der Waals surface area contributed by atoms with Crippen LogP contribution in [0.5, 0.6) is 0 Å². The third kappa shape index (κ3) is 3.76. The van der Waals surface area contributed by atoms with Gasteiger partial charge in [0, 0.05) is 19.1 Å². The molecule has 3 unspecified atom stereocenters. The number of nitrogens with one attached hydrogen (secondary N) is 1. The zero-order valence-corrected chi connectivity index (χ0v) is 10.6. The van der Waals surface area contributed by atoms with E-state index in [0.717, 1.165) is 19.4 Å². The van der Waals surface area contributed by atoms with Gasteiger partial charge in [0.15, 0.2) is 0 Å². The van der Waals surface area contributed by atoms with Gasteiger partial charge in [-0.3, -0.25) is 4.79 Å². The second-order valence-corrected chi connectivity index (χ2v) is 4.86. The van der Waals surface area contributed by atoms with Crippen molar-refractivity contribution in [3.8, 4) is 0 Å². The summed E-state index contributed by atoms with van der Waals surface area (Å²) in [6.07, 6.45) is 1.56. The largest absolute Gasteiger partial charge is 0.391 e. The van der Waals surface area contributed by atoms with Crippen molar-refractivity contribution in [3.05, 3.63) is 0 Å². The average Bonchev–Trinajstić information content (AvgIpc) is 2.29. The molecule has 0 aliphatic carbocycles. The topological polar surface area (TPSA) is 52.6 Å². The highest BCUT2D eigenvalue weighted by Crippen LogP contribution is 2.16. The third-order valence-electron chi connectivity index (χ3n) is 3.49. The Balaban J connectivity index is 2.32. The Hall–Kier alpha value is -0.610. The molecule has 4 heteroatoms. The zero-order chi connectivity index (χ0) is 12.1. The maximum absolute atomic E-state index is 11.8. The second-order valence-electron chi connectivity index (χ2n) is 4.86. The van der Waals surface area contributed by atoms with Gasteiger partial charge in [0.05, 0.1) is 12.6 Å². The maximum Gasteiger partial charge on any atom is 0.236 e. The fourth-order valence-corrected chi connectivity index (χ4v) is 1.79. The van der Waals surface area contributed by atoms with E-state index in [0.29, 0.717) is 25.0 Å². The van der Waals surface area contributed by atoms with Crippen LogP contribution in [0.1, 0.15) is 33.6 Å². The van der Waals surface area contributed by atoms with E-state index in [9.17, 15) is 9.90 Å². The van der Waals surface area contributed by atoms with Crippen LogP contribution in [0, 0.1) is 5.92 Å². The number of aliphatic hydroxyl groups is 1. The van der Waals surface area contributed by atoms with Crippen molar-refractivity contribution in [2.45, 2.75) is 45.8 Å². The Morgan fingerprint density at radius 2 is 2.31 bits per heavy atom. The van der Waals surface area contributed by atoms with Crippen LogP contribution in [-0.4, -0.2) is 47.7 Å². The van der Waals surface area contributed by atoms with Crippen molar-refractivity contribution < 1.29 is 9.90 Å². The minimum Gasteiger partial charge on any atom is -0.391 e. The van der Waals surface area contributed by atoms with Gasteiger partial charge in [-0.05, 0) is 25.7 Å². The highest BCUT2D eigenvalue weighted by molar-refractivity contribution is 5.78. The molecule has 1 aliphatic heterocycles. The molecule has 1 aliphatic rings. The average molecular weight is 228 g/mol. The summed E-state index contributed by atoms with van der Waals surface area (Å²) in [7, 11) is 0. The van der Waals surface area contributed by atoms with E-state index in [2.05, 4.69) is 19.2 Å². The molecule has 0 aromatic heterocycles. The molecule has 0 spiro atoms. The number of amides is 1. The predicted molar refractivity (Wildman–Crippen MR) is 64.1 cm³/mol. The van der Waals surface area contributed by atoms with Crippen LogP contribution in [0.2, 0.25) is 0 Å². The summed E-state index contributed by atoms with van der Waals surface area (Å²) < 4.78 is 0. The summed E-state index contributed by atoms with van der Waals surface area (Å²) in [4.78, 5) is 13.6. The summed E-state index contributed by atoms with van der Waals surface area (Å²) in [5.41, 5.74) is 0. The SMILES string of the molecule is CCC(C)NCC(=O)N1CCC(C)C(O)C1. The van der Waals surface area contributed by atoms with Crippen molar-refractivity contribution in [1.82, 2.24) is 10.2 Å². The molecular weight excluding hydrogens is 204 g/mol. The van der Waals surface area contributed by atoms with E-state index in [4.69, 9.17) is 0 Å². The Kier molecular flexibility index (Phi) is 5.22. The lowest BCUT2D eigenvalue weighted by Crippen LogP contribution is -2.49. The molecule has 1 fully saturated rings. The first-order valence-corrected chi connectivity index (χ1v) is 6.23. The molecule has 4 nitrogen and oxygen atoms in total. The van der Waals surface area contributed by atoms with Gasteiger partial charge in [0.2, 0.25) is 5.91 Å². The van der Waals surface area contributed by atoms with Crippen LogP contribution in [0.4, 0.5) is 0 Å². The summed E-state index contributed by atoms with van der Waals surface area (Å²) in [6.45, 7) is 7.84. The summed E-state index contributed by atoms with van der Waals surface area (Å²) in [5, 5.41) is 12.9. The standard InChI is InChI=1S/C12H24N2O2/c1-4-10(3)13-7-12(16)14-6-5-9(2)11(15)8-14/h9-11,13,15H,4-8H2,1-3H3. The maximum atomic E-state index is 11.8. The normalized spacial score (nSPS) is 27.9. The van der Waals surface area contributed by atoms with Crippen LogP contribution >= 0.6 is 0 Å². The highest BCUT2D eigenvalue weighted by atomic mass is 16.3. The Morgan fingerprint density at radius 3 is 2.88 bits per heavy atom. The molecule has 0 radical (unpaired) electrons. The number of hydrogen-bond donors (Lipinski definition) is 2. The lowest BCUT2D eigenvalue weighted by Gasteiger charge is -2.34. The smallest absolute Gasteiger partial charge is 0.236 e. The molecule has 16 heavy (non-hydrogen) atoms. The van der Waals surface area contributed by atoms with E-state index >= 15 is 0 Å². The number of aliphatic hydroxyl groups excluding tert-OH is 1. The molecule has 0 aromatic rings. The van der Waals surface area contributed by atoms with Gasteiger partial charge in [-0.15, -0.1) is 0 Å². The van der Waals surface area contributed by atoms with Crippen molar-refractivity contribution in [2.75, 3.05) is 19.6 Å². The van der Waals surface area contributed by atoms with E-state index < -0.39 is 0 Å². The van der Waals surface area contributed by atoms with E-state index in [1.807, 2.05) is 6.92 Å². The fraction of sp³-hybridized carbons (Fsp3) is 0.917. The lowest BCUT2D eigenvalue weighted by atomic mass is 9.96. The summed E-state index contributed by atoms with van der Waals surface area (Å²) in [6, 6.07) is 0.373. The number of hydrogen-bond acceptors (Lipinski definition) is 3. The Labute approximate surface area is 98.0 Å². The van der Waals surface area contributed by atoms with Gasteiger partial charge in [-0.25, -0.2) is 0 Å². The number of nitrogens with zero attached hydrogens (tertiary/aromatic N) is 1. The minimum atomic E-state index is -0.360.